The van der Waals surface area contributed by atoms with Gasteiger partial charge in [-0.1, -0.05) is 31.4 Å². The Bertz CT molecular complexity index is 1120. The number of hydrogen-bond donors (Lipinski definition) is 0. The van der Waals surface area contributed by atoms with Gasteiger partial charge < -0.3 is 4.90 Å². The SMILES string of the molecule is CCN(C(=O)c1ccc(C(=O)c2cnc3ccc(C#N)cn23)cc1)C1CCCCC1. The highest BCUT2D eigenvalue weighted by Gasteiger charge is 2.25. The van der Waals surface area contributed by atoms with E-state index in [0.29, 0.717) is 40.6 Å². The summed E-state index contributed by atoms with van der Waals surface area (Å²) in [6, 6.07) is 12.6. The van der Waals surface area contributed by atoms with Gasteiger partial charge in [0.05, 0.1) is 11.8 Å². The van der Waals surface area contributed by atoms with Gasteiger partial charge in [0.15, 0.2) is 0 Å². The average molecular weight is 400 g/mol. The van der Waals surface area contributed by atoms with Gasteiger partial charge in [-0.2, -0.15) is 5.26 Å². The molecule has 0 aliphatic heterocycles. The predicted octanol–water partition coefficient (Wildman–Crippen LogP) is 4.23. The molecule has 6 nitrogen and oxygen atoms in total. The third-order valence-electron chi connectivity index (χ3n) is 5.88. The fourth-order valence-corrected chi connectivity index (χ4v) is 4.25. The number of amides is 1. The van der Waals surface area contributed by atoms with Gasteiger partial charge in [-0.05, 0) is 44.0 Å². The summed E-state index contributed by atoms with van der Waals surface area (Å²) in [5.41, 5.74) is 2.53. The van der Waals surface area contributed by atoms with Crippen molar-refractivity contribution in [2.45, 2.75) is 45.1 Å². The zero-order valence-corrected chi connectivity index (χ0v) is 17.0. The van der Waals surface area contributed by atoms with Gasteiger partial charge in [0.2, 0.25) is 5.78 Å². The molecule has 6 heteroatoms. The summed E-state index contributed by atoms with van der Waals surface area (Å²) in [5, 5.41) is 9.12. The third-order valence-corrected chi connectivity index (χ3v) is 5.88. The van der Waals surface area contributed by atoms with Crippen LogP contribution in [0.15, 0.2) is 48.8 Å². The van der Waals surface area contributed by atoms with Gasteiger partial charge in [-0.15, -0.1) is 0 Å². The first kappa shape index (κ1) is 19.8. The Morgan fingerprint density at radius 2 is 1.80 bits per heavy atom. The minimum atomic E-state index is -0.198. The Morgan fingerprint density at radius 1 is 1.10 bits per heavy atom. The van der Waals surface area contributed by atoms with Gasteiger partial charge in [0.1, 0.15) is 17.4 Å². The first-order chi connectivity index (χ1) is 14.6. The molecule has 4 rings (SSSR count). The molecule has 0 atom stereocenters. The molecule has 0 radical (unpaired) electrons. The molecule has 1 saturated carbocycles. The molecule has 1 aliphatic rings. The van der Waals surface area contributed by atoms with Crippen LogP contribution >= 0.6 is 0 Å². The van der Waals surface area contributed by atoms with Crippen LogP contribution in [-0.2, 0) is 0 Å². The molecule has 1 aromatic carbocycles. The molecule has 1 amide bonds. The average Bonchev–Trinajstić information content (AvgIpc) is 3.23. The van der Waals surface area contributed by atoms with Crippen molar-refractivity contribution in [3.63, 3.8) is 0 Å². The number of imidazole rings is 1. The Balaban J connectivity index is 1.56. The Hall–Kier alpha value is -3.46. The molecule has 0 spiro atoms. The Morgan fingerprint density at radius 3 is 2.47 bits per heavy atom. The molecule has 152 valence electrons. The summed E-state index contributed by atoms with van der Waals surface area (Å²) >= 11 is 0. The second kappa shape index (κ2) is 8.50. The maximum Gasteiger partial charge on any atom is 0.254 e. The number of hydrogen-bond acceptors (Lipinski definition) is 4. The van der Waals surface area contributed by atoms with E-state index in [0.717, 1.165) is 12.8 Å². The number of fused-ring (bicyclic) bond motifs is 1. The molecule has 0 bridgehead atoms. The topological polar surface area (TPSA) is 78.5 Å². The van der Waals surface area contributed by atoms with Crippen LogP contribution in [0.25, 0.3) is 5.65 Å². The summed E-state index contributed by atoms with van der Waals surface area (Å²) in [7, 11) is 0. The van der Waals surface area contributed by atoms with Crippen molar-refractivity contribution in [1.82, 2.24) is 14.3 Å². The molecular weight excluding hydrogens is 376 g/mol. The zero-order chi connectivity index (χ0) is 21.1. The predicted molar refractivity (Wildman–Crippen MR) is 113 cm³/mol. The molecule has 2 aromatic heterocycles. The minimum Gasteiger partial charge on any atom is -0.336 e. The van der Waals surface area contributed by atoms with Crippen LogP contribution in [-0.4, -0.2) is 38.6 Å². The molecule has 30 heavy (non-hydrogen) atoms. The monoisotopic (exact) mass is 400 g/mol. The van der Waals surface area contributed by atoms with Crippen molar-refractivity contribution >= 4 is 17.3 Å². The number of aromatic nitrogens is 2. The van der Waals surface area contributed by atoms with E-state index in [1.807, 2.05) is 11.8 Å². The lowest BCUT2D eigenvalue weighted by Gasteiger charge is -2.33. The number of benzene rings is 1. The van der Waals surface area contributed by atoms with Crippen molar-refractivity contribution in [2.24, 2.45) is 0 Å². The van der Waals surface area contributed by atoms with E-state index < -0.39 is 0 Å². The number of carbonyl (C=O) groups excluding carboxylic acids is 2. The van der Waals surface area contributed by atoms with Gasteiger partial charge in [-0.25, -0.2) is 4.98 Å². The van der Waals surface area contributed by atoms with Crippen LogP contribution in [0.1, 0.15) is 71.0 Å². The molecule has 2 heterocycles. The van der Waals surface area contributed by atoms with Crippen LogP contribution in [0.2, 0.25) is 0 Å². The smallest absolute Gasteiger partial charge is 0.254 e. The van der Waals surface area contributed by atoms with Crippen LogP contribution in [0.3, 0.4) is 0 Å². The first-order valence-corrected chi connectivity index (χ1v) is 10.5. The molecular formula is C24H24N4O2. The van der Waals surface area contributed by atoms with E-state index >= 15 is 0 Å². The van der Waals surface area contributed by atoms with Crippen molar-refractivity contribution in [2.75, 3.05) is 6.54 Å². The number of ketones is 1. The van der Waals surface area contributed by atoms with Crippen molar-refractivity contribution in [3.8, 4) is 6.07 Å². The number of pyridine rings is 1. The molecule has 3 aromatic rings. The Labute approximate surface area is 175 Å². The largest absolute Gasteiger partial charge is 0.336 e. The second-order valence-corrected chi connectivity index (χ2v) is 7.69. The minimum absolute atomic E-state index is 0.0249. The quantitative estimate of drug-likeness (QED) is 0.601. The number of carbonyl (C=O) groups is 2. The summed E-state index contributed by atoms with van der Waals surface area (Å²) < 4.78 is 1.63. The first-order valence-electron chi connectivity index (χ1n) is 10.5. The maximum absolute atomic E-state index is 13.0. The van der Waals surface area contributed by atoms with Gasteiger partial charge in [-0.3, -0.25) is 14.0 Å². The van der Waals surface area contributed by atoms with Gasteiger partial charge in [0, 0.05) is 29.9 Å². The molecule has 0 saturated heterocycles. The van der Waals surface area contributed by atoms with E-state index in [1.54, 1.807) is 47.0 Å². The zero-order valence-electron chi connectivity index (χ0n) is 17.0. The third kappa shape index (κ3) is 3.71. The molecule has 1 fully saturated rings. The fourth-order valence-electron chi connectivity index (χ4n) is 4.25. The lowest BCUT2D eigenvalue weighted by Crippen LogP contribution is -2.41. The van der Waals surface area contributed by atoms with Crippen LogP contribution in [0, 0.1) is 11.3 Å². The summed E-state index contributed by atoms with van der Waals surface area (Å²) in [4.78, 5) is 32.2. The summed E-state index contributed by atoms with van der Waals surface area (Å²) in [6.45, 7) is 2.71. The standard InChI is InChI=1S/C24H24N4O2/c1-2-27(20-6-4-3-5-7-20)24(30)19-11-9-18(10-12-19)23(29)21-15-26-22-13-8-17(14-25)16-28(21)22/h8-13,15-16,20H,2-7H2,1H3. The normalized spacial score (nSPS) is 14.4. The van der Waals surface area contributed by atoms with Gasteiger partial charge >= 0.3 is 0 Å². The van der Waals surface area contributed by atoms with E-state index in [4.69, 9.17) is 5.26 Å². The van der Waals surface area contributed by atoms with Crippen molar-refractivity contribution < 1.29 is 9.59 Å². The molecule has 1 aliphatic carbocycles. The highest BCUT2D eigenvalue weighted by atomic mass is 16.2. The summed E-state index contributed by atoms with van der Waals surface area (Å²) in [6.07, 6.45) is 8.85. The fraction of sp³-hybridized carbons (Fsp3) is 0.333. The lowest BCUT2D eigenvalue weighted by atomic mass is 9.93. The maximum atomic E-state index is 13.0. The second-order valence-electron chi connectivity index (χ2n) is 7.69. The number of rotatable bonds is 5. The summed E-state index contributed by atoms with van der Waals surface area (Å²) in [5.74, 6) is -0.173. The van der Waals surface area contributed by atoms with Crippen molar-refractivity contribution in [3.05, 3.63) is 71.2 Å². The van der Waals surface area contributed by atoms with E-state index in [-0.39, 0.29) is 11.7 Å². The van der Waals surface area contributed by atoms with Crippen LogP contribution in [0.4, 0.5) is 0 Å². The van der Waals surface area contributed by atoms with Gasteiger partial charge in [0.25, 0.3) is 5.91 Å². The van der Waals surface area contributed by atoms with E-state index in [1.165, 1.54) is 25.5 Å². The van der Waals surface area contributed by atoms with E-state index in [9.17, 15) is 9.59 Å². The number of nitrogens with zero attached hydrogens (tertiary/aromatic N) is 4. The van der Waals surface area contributed by atoms with Crippen LogP contribution < -0.4 is 0 Å². The van der Waals surface area contributed by atoms with Crippen LogP contribution in [0.5, 0.6) is 0 Å². The Kier molecular flexibility index (Phi) is 5.62. The van der Waals surface area contributed by atoms with E-state index in [2.05, 4.69) is 11.1 Å². The number of nitriles is 1. The molecule has 0 N–H and O–H groups in total. The molecule has 0 unspecified atom stereocenters. The highest BCUT2D eigenvalue weighted by molar-refractivity contribution is 6.08. The van der Waals surface area contributed by atoms with Crippen molar-refractivity contribution in [1.29, 1.82) is 5.26 Å². The lowest BCUT2D eigenvalue weighted by molar-refractivity contribution is 0.0647. The highest BCUT2D eigenvalue weighted by Crippen LogP contribution is 2.24.